The predicted molar refractivity (Wildman–Crippen MR) is 145 cm³/mol. The first-order valence-corrected chi connectivity index (χ1v) is 13.7. The number of anilines is 3. The van der Waals surface area contributed by atoms with Gasteiger partial charge in [0.25, 0.3) is 5.56 Å². The van der Waals surface area contributed by atoms with E-state index in [1.807, 2.05) is 22.9 Å². The van der Waals surface area contributed by atoms with Gasteiger partial charge in [-0.3, -0.25) is 14.7 Å². The fourth-order valence-corrected chi connectivity index (χ4v) is 6.51. The Morgan fingerprint density at radius 3 is 2.39 bits per heavy atom. The van der Waals surface area contributed by atoms with Gasteiger partial charge >= 0.3 is 5.97 Å². The van der Waals surface area contributed by atoms with Crippen molar-refractivity contribution in [2.45, 2.75) is 57.6 Å². The van der Waals surface area contributed by atoms with Gasteiger partial charge in [-0.25, -0.2) is 9.18 Å². The Morgan fingerprint density at radius 1 is 1.00 bits per heavy atom. The zero-order chi connectivity index (χ0) is 26.8. The summed E-state index contributed by atoms with van der Waals surface area (Å²) >= 11 is 0. The number of piperidine rings is 1. The SMILES string of the molecule is CN1CCCc2c1nc(N1CCC3(CC1)OC(=O)c1cc(N4CCN(C(C)(C)C)CC4)cc(F)c13)[nH]c2=O. The highest BCUT2D eigenvalue weighted by Gasteiger charge is 2.50. The summed E-state index contributed by atoms with van der Waals surface area (Å²) in [5, 5.41) is 0. The van der Waals surface area contributed by atoms with Gasteiger partial charge in [0.1, 0.15) is 17.2 Å². The van der Waals surface area contributed by atoms with Crippen LogP contribution < -0.4 is 20.3 Å². The number of hydrogen-bond donors (Lipinski definition) is 1. The minimum Gasteiger partial charge on any atom is -0.450 e. The van der Waals surface area contributed by atoms with Crippen LogP contribution in [-0.2, 0) is 16.8 Å². The third kappa shape index (κ3) is 4.13. The lowest BCUT2D eigenvalue weighted by atomic mass is 9.83. The van der Waals surface area contributed by atoms with E-state index in [0.29, 0.717) is 43.0 Å². The zero-order valence-corrected chi connectivity index (χ0v) is 22.8. The molecule has 1 aromatic heterocycles. The summed E-state index contributed by atoms with van der Waals surface area (Å²) in [5.74, 6) is 0.420. The molecule has 2 fully saturated rings. The molecule has 4 aliphatic rings. The molecule has 4 aliphatic heterocycles. The number of nitrogens with zero attached hydrogens (tertiary/aromatic N) is 5. The zero-order valence-electron chi connectivity index (χ0n) is 22.8. The second kappa shape index (κ2) is 8.97. The molecule has 10 heteroatoms. The molecule has 0 aliphatic carbocycles. The number of rotatable bonds is 2. The molecule has 38 heavy (non-hydrogen) atoms. The molecule has 2 saturated heterocycles. The number of benzene rings is 1. The van der Waals surface area contributed by atoms with Crippen LogP contribution in [0.3, 0.4) is 0 Å². The molecule has 0 bridgehead atoms. The first kappa shape index (κ1) is 25.2. The summed E-state index contributed by atoms with van der Waals surface area (Å²) < 4.78 is 21.7. The highest BCUT2D eigenvalue weighted by molar-refractivity contribution is 5.96. The standard InChI is InChI=1S/C28H37FN6O3/c1-27(2,3)35-14-12-33(13-15-35)18-16-20-22(21(29)17-18)28(38-25(20)37)7-10-34(11-8-28)26-30-23-19(24(36)31-26)6-5-9-32(23)4/h16-17H,5-15H2,1-4H3,(H,30,31,36). The van der Waals surface area contributed by atoms with Crippen LogP contribution in [0.2, 0.25) is 0 Å². The average Bonchev–Trinajstić information content (AvgIpc) is 3.15. The van der Waals surface area contributed by atoms with Gasteiger partial charge in [-0.2, -0.15) is 4.98 Å². The van der Waals surface area contributed by atoms with E-state index in [9.17, 15) is 9.59 Å². The van der Waals surface area contributed by atoms with Gasteiger partial charge in [0.15, 0.2) is 0 Å². The molecule has 5 heterocycles. The smallest absolute Gasteiger partial charge is 0.339 e. The Morgan fingerprint density at radius 2 is 1.71 bits per heavy atom. The average molecular weight is 525 g/mol. The van der Waals surface area contributed by atoms with E-state index < -0.39 is 11.6 Å². The molecule has 0 saturated carbocycles. The van der Waals surface area contributed by atoms with E-state index in [0.717, 1.165) is 62.6 Å². The lowest BCUT2D eigenvalue weighted by Crippen LogP contribution is -2.53. The van der Waals surface area contributed by atoms with E-state index in [1.54, 1.807) is 6.07 Å². The summed E-state index contributed by atoms with van der Waals surface area (Å²) in [7, 11) is 1.95. The monoisotopic (exact) mass is 524 g/mol. The highest BCUT2D eigenvalue weighted by Crippen LogP contribution is 2.47. The number of carbonyl (C=O) groups excluding carboxylic acids is 1. The van der Waals surface area contributed by atoms with Gasteiger partial charge in [0.05, 0.1) is 11.1 Å². The number of H-pyrrole nitrogens is 1. The van der Waals surface area contributed by atoms with Crippen LogP contribution in [0.4, 0.5) is 21.8 Å². The van der Waals surface area contributed by atoms with Gasteiger partial charge in [0.2, 0.25) is 5.95 Å². The first-order valence-electron chi connectivity index (χ1n) is 13.7. The summed E-state index contributed by atoms with van der Waals surface area (Å²) in [5.41, 5.74) is 1.20. The van der Waals surface area contributed by atoms with Gasteiger partial charge in [-0.15, -0.1) is 0 Å². The van der Waals surface area contributed by atoms with Crippen LogP contribution in [-0.4, -0.2) is 79.2 Å². The van der Waals surface area contributed by atoms with E-state index in [-0.39, 0.29) is 16.9 Å². The van der Waals surface area contributed by atoms with Crippen LogP contribution in [0, 0.1) is 5.82 Å². The van der Waals surface area contributed by atoms with E-state index >= 15 is 4.39 Å². The van der Waals surface area contributed by atoms with E-state index in [1.165, 1.54) is 0 Å². The maximum atomic E-state index is 15.7. The van der Waals surface area contributed by atoms with Crippen LogP contribution in [0.5, 0.6) is 0 Å². The Balaban J connectivity index is 1.21. The number of nitrogens with one attached hydrogen (secondary N) is 1. The van der Waals surface area contributed by atoms with Gasteiger partial charge < -0.3 is 19.4 Å². The maximum absolute atomic E-state index is 15.7. The Bertz CT molecular complexity index is 1320. The number of esters is 1. The topological polar surface area (TPSA) is 85.0 Å². The Labute approximate surface area is 222 Å². The van der Waals surface area contributed by atoms with Gasteiger partial charge in [-0.05, 0) is 45.7 Å². The normalized spacial score (nSPS) is 21.5. The highest BCUT2D eigenvalue weighted by atomic mass is 19.1. The molecular weight excluding hydrogens is 487 g/mol. The number of halogens is 1. The molecule has 1 N–H and O–H groups in total. The molecule has 6 rings (SSSR count). The van der Waals surface area contributed by atoms with Crippen molar-refractivity contribution in [3.8, 4) is 0 Å². The summed E-state index contributed by atoms with van der Waals surface area (Å²) in [6, 6.07) is 3.38. The van der Waals surface area contributed by atoms with Crippen molar-refractivity contribution in [2.24, 2.45) is 0 Å². The minimum atomic E-state index is -0.984. The minimum absolute atomic E-state index is 0.0951. The molecular formula is C28H37FN6O3. The Hall–Kier alpha value is -3.14. The van der Waals surface area contributed by atoms with Crippen LogP contribution >= 0.6 is 0 Å². The van der Waals surface area contributed by atoms with Crippen LogP contribution in [0.1, 0.15) is 61.5 Å². The summed E-state index contributed by atoms with van der Waals surface area (Å²) in [4.78, 5) is 42.0. The summed E-state index contributed by atoms with van der Waals surface area (Å²) in [6.07, 6.45) is 2.53. The van der Waals surface area contributed by atoms with Crippen LogP contribution in [0.25, 0.3) is 0 Å². The van der Waals surface area contributed by atoms with E-state index in [2.05, 4.69) is 35.6 Å². The largest absolute Gasteiger partial charge is 0.450 e. The third-order valence-electron chi connectivity index (χ3n) is 8.77. The molecule has 1 spiro atoms. The number of carbonyl (C=O) groups is 1. The van der Waals surface area contributed by atoms with Crippen LogP contribution in [0.15, 0.2) is 16.9 Å². The fraction of sp³-hybridized carbons (Fsp3) is 0.607. The first-order chi connectivity index (χ1) is 18.1. The number of ether oxygens (including phenoxy) is 1. The second-order valence-corrected chi connectivity index (χ2v) is 12.1. The fourth-order valence-electron chi connectivity index (χ4n) is 6.51. The molecule has 2 aromatic rings. The van der Waals surface area contributed by atoms with Crippen molar-refractivity contribution in [1.29, 1.82) is 0 Å². The number of fused-ring (bicyclic) bond motifs is 3. The molecule has 9 nitrogen and oxygen atoms in total. The molecule has 0 amide bonds. The van der Waals surface area contributed by atoms with Crippen molar-refractivity contribution >= 4 is 23.4 Å². The summed E-state index contributed by atoms with van der Waals surface area (Å²) in [6.45, 7) is 11.8. The number of hydrogen-bond acceptors (Lipinski definition) is 8. The second-order valence-electron chi connectivity index (χ2n) is 12.1. The number of aromatic amines is 1. The maximum Gasteiger partial charge on any atom is 0.339 e. The van der Waals surface area contributed by atoms with Crippen molar-refractivity contribution < 1.29 is 13.9 Å². The molecule has 204 valence electrons. The lowest BCUT2D eigenvalue weighted by molar-refractivity contribution is -0.0225. The van der Waals surface area contributed by atoms with Gasteiger partial charge in [-0.1, -0.05) is 0 Å². The number of piperazine rings is 1. The quantitative estimate of drug-likeness (QED) is 0.601. The van der Waals surface area contributed by atoms with Crippen molar-refractivity contribution in [3.63, 3.8) is 0 Å². The van der Waals surface area contributed by atoms with Crippen molar-refractivity contribution in [2.75, 3.05) is 67.6 Å². The molecule has 0 radical (unpaired) electrons. The van der Waals surface area contributed by atoms with Gasteiger partial charge in [0, 0.05) is 82.5 Å². The number of aromatic nitrogens is 2. The molecule has 0 atom stereocenters. The van der Waals surface area contributed by atoms with Crippen molar-refractivity contribution in [1.82, 2.24) is 14.9 Å². The Kier molecular flexibility index (Phi) is 5.93. The third-order valence-corrected chi connectivity index (χ3v) is 8.77. The van der Waals surface area contributed by atoms with Crippen molar-refractivity contribution in [3.05, 3.63) is 45.0 Å². The van der Waals surface area contributed by atoms with E-state index in [4.69, 9.17) is 9.72 Å². The predicted octanol–water partition coefficient (Wildman–Crippen LogP) is 2.88. The molecule has 1 aromatic carbocycles. The lowest BCUT2D eigenvalue weighted by Gasteiger charge is -2.43. The molecule has 0 unspecified atom stereocenters.